The van der Waals surface area contributed by atoms with Gasteiger partial charge in [0.1, 0.15) is 5.78 Å². The molecule has 0 N–H and O–H groups in total. The van der Waals surface area contributed by atoms with Crippen molar-refractivity contribution < 1.29 is 14.3 Å². The molecule has 1 aliphatic rings. The number of Topliss-reactive ketones (excluding diaryl/α,β-unsaturated/α-hetero) is 1. The Kier molecular flexibility index (Phi) is 4.90. The van der Waals surface area contributed by atoms with E-state index < -0.39 is 0 Å². The lowest BCUT2D eigenvalue weighted by atomic mass is 9.93. The van der Waals surface area contributed by atoms with Crippen LogP contribution >= 0.6 is 0 Å². The fourth-order valence-electron chi connectivity index (χ4n) is 2.65. The lowest BCUT2D eigenvalue weighted by Crippen LogP contribution is -2.34. The third-order valence-electron chi connectivity index (χ3n) is 3.94. The Bertz CT molecular complexity index is 471. The number of rotatable bonds is 4. The van der Waals surface area contributed by atoms with Gasteiger partial charge >= 0.3 is 5.97 Å². The Morgan fingerprint density at radius 3 is 2.40 bits per heavy atom. The summed E-state index contributed by atoms with van der Waals surface area (Å²) in [6, 6.07) is 7.97. The molecule has 1 aromatic rings. The summed E-state index contributed by atoms with van der Waals surface area (Å²) >= 11 is 0. The van der Waals surface area contributed by atoms with E-state index in [0.717, 1.165) is 24.9 Å². The first-order valence-corrected chi connectivity index (χ1v) is 6.99. The largest absolute Gasteiger partial charge is 0.465 e. The predicted octanol–water partition coefficient (Wildman–Crippen LogP) is 2.42. The number of hydrogen-bond acceptors (Lipinski definition) is 4. The van der Waals surface area contributed by atoms with E-state index in [1.54, 1.807) is 12.1 Å². The highest BCUT2D eigenvalue weighted by Gasteiger charge is 2.22. The molecule has 0 radical (unpaired) electrons. The summed E-state index contributed by atoms with van der Waals surface area (Å²) in [7, 11) is 3.48. The van der Waals surface area contributed by atoms with Crippen molar-refractivity contribution in [3.8, 4) is 0 Å². The van der Waals surface area contributed by atoms with E-state index in [1.807, 2.05) is 12.1 Å². The van der Waals surface area contributed by atoms with Gasteiger partial charge in [0, 0.05) is 25.4 Å². The molecule has 0 bridgehead atoms. The molecule has 4 nitrogen and oxygen atoms in total. The normalized spacial score (nSPS) is 16.4. The predicted molar refractivity (Wildman–Crippen MR) is 76.5 cm³/mol. The number of carbonyl (C=O) groups excluding carboxylic acids is 2. The molecule has 108 valence electrons. The molecular weight excluding hydrogens is 254 g/mol. The van der Waals surface area contributed by atoms with Crippen molar-refractivity contribution in [1.82, 2.24) is 4.90 Å². The van der Waals surface area contributed by atoms with Crippen LogP contribution < -0.4 is 0 Å². The van der Waals surface area contributed by atoms with E-state index in [2.05, 4.69) is 16.7 Å². The van der Waals surface area contributed by atoms with Crippen LogP contribution in [0.4, 0.5) is 0 Å². The highest BCUT2D eigenvalue weighted by molar-refractivity contribution is 5.89. The average molecular weight is 275 g/mol. The third kappa shape index (κ3) is 3.67. The summed E-state index contributed by atoms with van der Waals surface area (Å²) in [4.78, 5) is 24.9. The summed E-state index contributed by atoms with van der Waals surface area (Å²) < 4.78 is 4.68. The summed E-state index contributed by atoms with van der Waals surface area (Å²) in [5, 5.41) is 0. The van der Waals surface area contributed by atoms with Crippen LogP contribution in [0, 0.1) is 0 Å². The Morgan fingerprint density at radius 1 is 1.25 bits per heavy atom. The molecule has 1 saturated carbocycles. The molecule has 0 heterocycles. The standard InChI is InChI=1S/C16H21NO3/c1-17(14-7-9-15(18)10-8-14)11-12-3-5-13(6-4-12)16(19)20-2/h3-6,14H,7-11H2,1-2H3. The Labute approximate surface area is 119 Å². The molecule has 0 aromatic heterocycles. The minimum atomic E-state index is -0.310. The summed E-state index contributed by atoms with van der Waals surface area (Å²) in [5.74, 6) is 0.0766. The third-order valence-corrected chi connectivity index (χ3v) is 3.94. The number of hydrogen-bond donors (Lipinski definition) is 0. The van der Waals surface area contributed by atoms with E-state index >= 15 is 0 Å². The molecule has 1 aliphatic carbocycles. The number of ether oxygens (including phenoxy) is 1. The van der Waals surface area contributed by atoms with Crippen molar-refractivity contribution in [2.24, 2.45) is 0 Å². The molecule has 1 aromatic carbocycles. The van der Waals surface area contributed by atoms with E-state index in [0.29, 0.717) is 30.2 Å². The molecule has 0 atom stereocenters. The highest BCUT2D eigenvalue weighted by atomic mass is 16.5. The van der Waals surface area contributed by atoms with Crippen LogP contribution in [0.2, 0.25) is 0 Å². The second-order valence-corrected chi connectivity index (χ2v) is 5.37. The number of methoxy groups -OCH3 is 1. The molecule has 2 rings (SSSR count). The molecule has 0 unspecified atom stereocenters. The second-order valence-electron chi connectivity index (χ2n) is 5.37. The van der Waals surface area contributed by atoms with Gasteiger partial charge in [-0.1, -0.05) is 12.1 Å². The Morgan fingerprint density at radius 2 is 1.85 bits per heavy atom. The fraction of sp³-hybridized carbons (Fsp3) is 0.500. The zero-order chi connectivity index (χ0) is 14.5. The van der Waals surface area contributed by atoms with Crippen LogP contribution in [0.25, 0.3) is 0 Å². The number of esters is 1. The zero-order valence-corrected chi connectivity index (χ0v) is 12.1. The van der Waals surface area contributed by atoms with Crippen molar-refractivity contribution in [3.05, 3.63) is 35.4 Å². The number of carbonyl (C=O) groups is 2. The minimum Gasteiger partial charge on any atom is -0.465 e. The molecule has 1 fully saturated rings. The van der Waals surface area contributed by atoms with Crippen LogP contribution in [0.3, 0.4) is 0 Å². The quantitative estimate of drug-likeness (QED) is 0.792. The summed E-state index contributed by atoms with van der Waals surface area (Å²) in [6.07, 6.45) is 3.32. The van der Waals surface area contributed by atoms with Gasteiger partial charge < -0.3 is 4.74 Å². The van der Waals surface area contributed by atoms with Crippen LogP contribution in [-0.4, -0.2) is 36.9 Å². The maximum atomic E-state index is 11.4. The fourth-order valence-corrected chi connectivity index (χ4v) is 2.65. The van der Waals surface area contributed by atoms with Crippen molar-refractivity contribution in [1.29, 1.82) is 0 Å². The van der Waals surface area contributed by atoms with Crippen LogP contribution in [0.1, 0.15) is 41.6 Å². The van der Waals surface area contributed by atoms with Gasteiger partial charge in [0.05, 0.1) is 12.7 Å². The first-order valence-electron chi connectivity index (χ1n) is 6.99. The molecule has 20 heavy (non-hydrogen) atoms. The topological polar surface area (TPSA) is 46.6 Å². The van der Waals surface area contributed by atoms with Gasteiger partial charge in [-0.3, -0.25) is 9.69 Å². The van der Waals surface area contributed by atoms with Crippen molar-refractivity contribution in [3.63, 3.8) is 0 Å². The number of ketones is 1. The maximum Gasteiger partial charge on any atom is 0.337 e. The molecule has 4 heteroatoms. The van der Waals surface area contributed by atoms with Crippen LogP contribution in [0.5, 0.6) is 0 Å². The van der Waals surface area contributed by atoms with Crippen molar-refractivity contribution >= 4 is 11.8 Å². The monoisotopic (exact) mass is 275 g/mol. The molecule has 0 amide bonds. The number of nitrogens with zero attached hydrogens (tertiary/aromatic N) is 1. The number of benzene rings is 1. The molecule has 0 saturated heterocycles. The highest BCUT2D eigenvalue weighted by Crippen LogP contribution is 2.21. The summed E-state index contributed by atoms with van der Waals surface area (Å²) in [5.41, 5.74) is 1.74. The zero-order valence-electron chi connectivity index (χ0n) is 12.1. The van der Waals surface area contributed by atoms with Gasteiger partial charge in [-0.25, -0.2) is 4.79 Å². The van der Waals surface area contributed by atoms with Crippen LogP contribution in [0.15, 0.2) is 24.3 Å². The van der Waals surface area contributed by atoms with Gasteiger partial charge in [-0.05, 0) is 37.6 Å². The smallest absolute Gasteiger partial charge is 0.337 e. The molecular formula is C16H21NO3. The SMILES string of the molecule is COC(=O)c1ccc(CN(C)C2CCC(=O)CC2)cc1. The van der Waals surface area contributed by atoms with E-state index in [4.69, 9.17) is 0 Å². The summed E-state index contributed by atoms with van der Waals surface area (Å²) in [6.45, 7) is 0.834. The van der Waals surface area contributed by atoms with E-state index in [9.17, 15) is 9.59 Å². The van der Waals surface area contributed by atoms with Gasteiger partial charge in [-0.15, -0.1) is 0 Å². The van der Waals surface area contributed by atoms with Crippen molar-refractivity contribution in [2.75, 3.05) is 14.2 Å². The first kappa shape index (κ1) is 14.7. The molecule has 0 spiro atoms. The first-order chi connectivity index (χ1) is 9.60. The van der Waals surface area contributed by atoms with E-state index in [-0.39, 0.29) is 5.97 Å². The van der Waals surface area contributed by atoms with Gasteiger partial charge in [0.25, 0.3) is 0 Å². The van der Waals surface area contributed by atoms with Crippen LogP contribution in [-0.2, 0) is 16.1 Å². The van der Waals surface area contributed by atoms with Gasteiger partial charge in [-0.2, -0.15) is 0 Å². The van der Waals surface area contributed by atoms with Gasteiger partial charge in [0.15, 0.2) is 0 Å². The van der Waals surface area contributed by atoms with Gasteiger partial charge in [0.2, 0.25) is 0 Å². The minimum absolute atomic E-state index is 0.310. The lowest BCUT2D eigenvalue weighted by Gasteiger charge is -2.30. The average Bonchev–Trinajstić information content (AvgIpc) is 2.48. The second kappa shape index (κ2) is 6.66. The van der Waals surface area contributed by atoms with Crippen molar-refractivity contribution in [2.45, 2.75) is 38.3 Å². The maximum absolute atomic E-state index is 11.4. The Hall–Kier alpha value is -1.68. The van der Waals surface area contributed by atoms with E-state index in [1.165, 1.54) is 7.11 Å². The lowest BCUT2D eigenvalue weighted by molar-refractivity contribution is -0.121. The molecule has 0 aliphatic heterocycles. The Balaban J connectivity index is 1.92.